The molecule has 0 radical (unpaired) electrons. The van der Waals surface area contributed by atoms with E-state index in [4.69, 9.17) is 2.97 Å². The highest BCUT2D eigenvalue weighted by atomic mass is 16.1. The smallest absolute Gasteiger partial charge is 0.178 e. The van der Waals surface area contributed by atoms with Gasteiger partial charge in [-0.05, 0) is 128 Å². The summed E-state index contributed by atoms with van der Waals surface area (Å²) in [5, 5.41) is 0. The first kappa shape index (κ1) is 31.0. The lowest BCUT2D eigenvalue weighted by Gasteiger charge is -2.57. The summed E-state index contributed by atoms with van der Waals surface area (Å²) in [6.07, 6.45) is 19.0. The Labute approximate surface area is 274 Å². The molecular formula is C41H56O4. The molecule has 0 spiro atoms. The summed E-state index contributed by atoms with van der Waals surface area (Å²) in [6, 6.07) is 0. The molecule has 45 heavy (non-hydrogen) atoms. The molecule has 4 heteroatoms. The number of carbonyl (C=O) groups is 4. The average Bonchev–Trinajstić information content (AvgIpc) is 3.51. The van der Waals surface area contributed by atoms with Gasteiger partial charge >= 0.3 is 0 Å². The molecule has 6 unspecified atom stereocenters. The highest BCUT2D eigenvalue weighted by Crippen LogP contribution is 2.66. The molecule has 0 heterocycles. The molecule has 0 bridgehead atoms. The van der Waals surface area contributed by atoms with Crippen molar-refractivity contribution in [3.63, 3.8) is 0 Å². The summed E-state index contributed by atoms with van der Waals surface area (Å²) in [5.74, 6) is 4.65. The highest BCUT2D eigenvalue weighted by Gasteiger charge is 2.60. The molecule has 0 aromatic rings. The second-order valence-electron chi connectivity index (χ2n) is 16.7. The van der Waals surface area contributed by atoms with Crippen molar-refractivity contribution >= 4 is 23.1 Å². The Balaban J connectivity index is 0.000000172. The number of hydrogen-bond acceptors (Lipinski definition) is 4. The first-order valence-electron chi connectivity index (χ1n) is 18.4. The van der Waals surface area contributed by atoms with Crippen molar-refractivity contribution in [2.75, 3.05) is 0 Å². The number of allylic oxidation sites excluding steroid dienone is 7. The minimum Gasteiger partial charge on any atom is -0.299 e. The van der Waals surface area contributed by atoms with Gasteiger partial charge in [-0.1, -0.05) is 65.5 Å². The molecule has 6 fully saturated rings. The van der Waals surface area contributed by atoms with E-state index in [-0.39, 0.29) is 40.7 Å². The zero-order valence-electron chi connectivity index (χ0n) is 29.3. The van der Waals surface area contributed by atoms with Gasteiger partial charge < -0.3 is 0 Å². The summed E-state index contributed by atoms with van der Waals surface area (Å²) in [4.78, 5) is 48.5. The summed E-state index contributed by atoms with van der Waals surface area (Å²) in [5.41, 5.74) is 4.52. The molecule has 0 N–H and O–H groups in total. The van der Waals surface area contributed by atoms with Gasteiger partial charge in [0, 0.05) is 38.5 Å². The molecule has 0 aromatic heterocycles. The van der Waals surface area contributed by atoms with Crippen molar-refractivity contribution in [1.29, 1.82) is 0 Å². The van der Waals surface area contributed by atoms with E-state index in [1.807, 2.05) is 6.08 Å². The third-order valence-corrected chi connectivity index (χ3v) is 14.9. The molecule has 8 aliphatic carbocycles. The van der Waals surface area contributed by atoms with Crippen LogP contribution in [0.1, 0.15) is 115 Å². The van der Waals surface area contributed by atoms with Crippen LogP contribution < -0.4 is 0 Å². The predicted octanol–water partition coefficient (Wildman–Crippen LogP) is 9.17. The summed E-state index contributed by atoms with van der Waals surface area (Å²) < 4.78 is 10.0. The number of carbonyl (C=O) groups excluding carboxylic acids is 4. The van der Waals surface area contributed by atoms with Gasteiger partial charge in [0.25, 0.3) is 0 Å². The lowest BCUT2D eigenvalue weighted by Crippen LogP contribution is -2.51. The van der Waals surface area contributed by atoms with Crippen molar-refractivity contribution in [3.8, 4) is 0 Å². The van der Waals surface area contributed by atoms with Crippen LogP contribution in [-0.2, 0) is 19.2 Å². The first-order chi connectivity index (χ1) is 21.7. The lowest BCUT2D eigenvalue weighted by atomic mass is 9.47. The second-order valence-corrected chi connectivity index (χ2v) is 16.7. The van der Waals surface area contributed by atoms with Crippen molar-refractivity contribution in [2.24, 2.45) is 57.2 Å². The summed E-state index contributed by atoms with van der Waals surface area (Å²) in [6.45, 7) is 17.6. The van der Waals surface area contributed by atoms with Crippen LogP contribution in [-0.4, -0.2) is 23.1 Å². The zero-order chi connectivity index (χ0) is 33.4. The molecule has 0 aliphatic heterocycles. The molecule has 0 aromatic carbocycles. The van der Waals surface area contributed by atoms with Crippen LogP contribution >= 0.6 is 0 Å². The maximum Gasteiger partial charge on any atom is 0.178 e. The Morgan fingerprint density at radius 2 is 1.18 bits per heavy atom. The van der Waals surface area contributed by atoms with Crippen LogP contribution in [0, 0.1) is 57.2 Å². The molecule has 10 atom stereocenters. The van der Waals surface area contributed by atoms with Crippen molar-refractivity contribution in [1.82, 2.24) is 0 Å². The zero-order valence-corrected chi connectivity index (χ0v) is 27.3. The second kappa shape index (κ2) is 10.7. The molecule has 0 amide bonds. The Morgan fingerprint density at radius 1 is 0.667 bits per heavy atom. The van der Waals surface area contributed by atoms with E-state index in [1.54, 1.807) is 12.2 Å². The minimum absolute atomic E-state index is 0. The molecule has 244 valence electrons. The summed E-state index contributed by atoms with van der Waals surface area (Å²) >= 11 is 0. The van der Waals surface area contributed by atoms with Gasteiger partial charge in [-0.2, -0.15) is 0 Å². The van der Waals surface area contributed by atoms with Gasteiger partial charge in [-0.3, -0.25) is 19.2 Å². The normalized spacial score (nSPS) is 46.4. The molecule has 8 rings (SSSR count). The predicted molar refractivity (Wildman–Crippen MR) is 181 cm³/mol. The van der Waals surface area contributed by atoms with E-state index in [0.717, 1.165) is 81.8 Å². The Bertz CT molecular complexity index is 1480. The number of fused-ring (bicyclic) bond motifs is 10. The van der Waals surface area contributed by atoms with E-state index < -0.39 is 0 Å². The molecule has 8 aliphatic rings. The average molecular weight is 615 g/mol. The highest BCUT2D eigenvalue weighted by molar-refractivity contribution is 6.02. The minimum atomic E-state index is -0.104. The topological polar surface area (TPSA) is 68.3 Å². The molecule has 0 saturated heterocycles. The third-order valence-electron chi connectivity index (χ3n) is 14.9. The lowest BCUT2D eigenvalue weighted by molar-refractivity contribution is -0.132. The Kier molecular flexibility index (Phi) is 7.38. The van der Waals surface area contributed by atoms with E-state index in [0.29, 0.717) is 53.5 Å². The number of hydrogen-bond donors (Lipinski definition) is 0. The van der Waals surface area contributed by atoms with Gasteiger partial charge in [0.1, 0.15) is 11.6 Å². The Morgan fingerprint density at radius 3 is 1.78 bits per heavy atom. The fraction of sp³-hybridized carbons (Fsp3) is 0.659. The monoisotopic (exact) mass is 614 g/mol. The van der Waals surface area contributed by atoms with E-state index in [1.165, 1.54) is 11.1 Å². The molecular weight excluding hydrogens is 556 g/mol. The van der Waals surface area contributed by atoms with Crippen LogP contribution in [0.3, 0.4) is 0 Å². The van der Waals surface area contributed by atoms with Crippen LogP contribution in [0.4, 0.5) is 0 Å². The number of Topliss-reactive ketones (excluding diaryl/α,β-unsaturated/α-hetero) is 2. The molecule has 6 saturated carbocycles. The van der Waals surface area contributed by atoms with Crippen molar-refractivity contribution in [3.05, 3.63) is 59.8 Å². The van der Waals surface area contributed by atoms with Crippen LogP contribution in [0.2, 0.25) is 0 Å². The van der Waals surface area contributed by atoms with E-state index in [2.05, 4.69) is 46.9 Å². The fourth-order valence-corrected chi connectivity index (χ4v) is 12.3. The number of ketones is 4. The van der Waals surface area contributed by atoms with E-state index >= 15 is 0 Å². The quantitative estimate of drug-likeness (QED) is 0.273. The maximum absolute atomic E-state index is 12.4. The third kappa shape index (κ3) is 4.50. The van der Waals surface area contributed by atoms with Crippen LogP contribution in [0.15, 0.2) is 59.8 Å². The fourth-order valence-electron chi connectivity index (χ4n) is 12.3. The van der Waals surface area contributed by atoms with E-state index in [9.17, 15) is 19.2 Å². The van der Waals surface area contributed by atoms with Crippen LogP contribution in [0.25, 0.3) is 0 Å². The van der Waals surface area contributed by atoms with Gasteiger partial charge in [-0.25, -0.2) is 0 Å². The van der Waals surface area contributed by atoms with Gasteiger partial charge in [0.15, 0.2) is 11.6 Å². The Hall–Kier alpha value is -2.62. The van der Waals surface area contributed by atoms with Gasteiger partial charge in [0.05, 0.1) is 0 Å². The largest absolute Gasteiger partial charge is 0.299 e. The first-order valence-corrected chi connectivity index (χ1v) is 17.4. The molecule has 4 nitrogen and oxygen atoms in total. The van der Waals surface area contributed by atoms with Crippen molar-refractivity contribution < 1.29 is 22.1 Å². The van der Waals surface area contributed by atoms with Gasteiger partial charge in [0.2, 0.25) is 0 Å². The van der Waals surface area contributed by atoms with Gasteiger partial charge in [-0.15, -0.1) is 0 Å². The SMILES string of the molecule is C.C=C1CC2C(CC[C@]3(C)C(=O)CCC23)[C@@]2(C)C=CC(=O)C=C12.C=C1CC2C(CC[C@]3(C)C(=O)CCC23)[C@@]2(C)CCC(=O)C=C12.[2H][2H]. The van der Waals surface area contributed by atoms with Crippen molar-refractivity contribution in [2.45, 2.75) is 112 Å². The standard InChI is InChI=1S/C20H26O2.C20H24O2.CH4.H2/c2*1-12-10-14-15-4-5-18(22)20(15,3)9-7-16(14)19(2)8-6-13(21)11-17(12)19;;/h11,14-16H,1,4-10H2,2-3H3;6,8,11,14-16H,1,4-5,7,9-10H2,2-3H3;1H4;1H/t2*14?,15?,16?,19-,20+;;/m11../s1/i;;;1+1D. The number of rotatable bonds is 0. The summed E-state index contributed by atoms with van der Waals surface area (Å²) in [7, 11) is 0. The maximum atomic E-state index is 12.4. The van der Waals surface area contributed by atoms with Crippen LogP contribution in [0.5, 0.6) is 0 Å².